The fourth-order valence-electron chi connectivity index (χ4n) is 17.5. The van der Waals surface area contributed by atoms with E-state index in [-0.39, 0.29) is 88.5 Å². The summed E-state index contributed by atoms with van der Waals surface area (Å²) in [5.41, 5.74) is -6.86. The standard InChI is InChI=1S/C69H125N9O12/c1-16-19-22-25-28-31-34-73-55(82)67(70-58(73)85)45-61(4,5)76(62(6,7)46-67)37-51(79)40-88-43-54(90-42-53(81)39-78-65(12,13)49-69(50-66(78,14)15)57(84)75(60(87)72-69)36-33-30-27-24-21-18-3)44-89-41-52(80)38-77-63(8,9)47-68(48-64(77,10)11)56(83)74(59(86)71-68)35-32-29-26-23-20-17-2/h51-54,79-81H,16-50H2,1-15H3,(H,70,85)(H,71,86)(H,72,87). The summed E-state index contributed by atoms with van der Waals surface area (Å²) < 4.78 is 19.0. The maximum absolute atomic E-state index is 14.2. The molecule has 21 nitrogen and oxygen atoms in total. The van der Waals surface area contributed by atoms with Gasteiger partial charge < -0.3 is 45.5 Å². The van der Waals surface area contributed by atoms with Gasteiger partial charge in [0.15, 0.2) is 0 Å². The molecule has 6 aliphatic rings. The van der Waals surface area contributed by atoms with Gasteiger partial charge in [0, 0.05) is 72.5 Å². The number of rotatable bonds is 38. The van der Waals surface area contributed by atoms with Gasteiger partial charge in [-0.15, -0.1) is 0 Å². The molecule has 518 valence electrons. The van der Waals surface area contributed by atoms with Crippen molar-refractivity contribution in [2.45, 2.75) is 332 Å². The number of likely N-dealkylation sites (tertiary alicyclic amines) is 3. The monoisotopic (exact) mass is 1270 g/mol. The fraction of sp³-hybridized carbons (Fsp3) is 0.913. The molecule has 6 aliphatic heterocycles. The number of urea groups is 3. The molecule has 0 radical (unpaired) electrons. The molecule has 6 rings (SSSR count). The lowest BCUT2D eigenvalue weighted by Crippen LogP contribution is -2.70. The number of nitrogens with zero attached hydrogens (tertiary/aromatic N) is 6. The Morgan fingerprint density at radius 3 is 0.844 bits per heavy atom. The molecule has 3 atom stereocenters. The van der Waals surface area contributed by atoms with Gasteiger partial charge in [-0.3, -0.25) is 43.8 Å². The lowest BCUT2D eigenvalue weighted by atomic mass is 9.68. The molecule has 0 aromatic carbocycles. The van der Waals surface area contributed by atoms with Crippen LogP contribution < -0.4 is 16.0 Å². The second-order valence-corrected chi connectivity index (χ2v) is 32.0. The summed E-state index contributed by atoms with van der Waals surface area (Å²) in [6.07, 6.45) is 17.4. The van der Waals surface area contributed by atoms with Crippen molar-refractivity contribution in [3.63, 3.8) is 0 Å². The first-order chi connectivity index (χ1) is 42.1. The molecule has 3 unspecified atom stereocenters. The van der Waals surface area contributed by atoms with E-state index in [1.54, 1.807) is 0 Å². The van der Waals surface area contributed by atoms with Crippen LogP contribution in [-0.4, -0.2) is 227 Å². The highest BCUT2D eigenvalue weighted by atomic mass is 16.6. The summed E-state index contributed by atoms with van der Waals surface area (Å²) in [6.45, 7) is 32.7. The molecule has 90 heavy (non-hydrogen) atoms. The van der Waals surface area contributed by atoms with E-state index < -0.39 is 74.3 Å². The van der Waals surface area contributed by atoms with E-state index in [9.17, 15) is 44.1 Å². The van der Waals surface area contributed by atoms with Crippen molar-refractivity contribution in [1.29, 1.82) is 0 Å². The van der Waals surface area contributed by atoms with Crippen LogP contribution >= 0.6 is 0 Å². The van der Waals surface area contributed by atoms with E-state index in [0.29, 0.717) is 58.2 Å². The molecule has 6 saturated heterocycles. The molecule has 0 bridgehead atoms. The van der Waals surface area contributed by atoms with E-state index in [1.165, 1.54) is 34.0 Å². The molecule has 0 aliphatic carbocycles. The minimum Gasteiger partial charge on any atom is -0.389 e. The number of aliphatic hydroxyl groups excluding tert-OH is 3. The van der Waals surface area contributed by atoms with E-state index in [2.05, 4.69) is 51.4 Å². The van der Waals surface area contributed by atoms with E-state index >= 15 is 0 Å². The van der Waals surface area contributed by atoms with Crippen molar-refractivity contribution >= 4 is 35.8 Å². The van der Waals surface area contributed by atoms with E-state index in [4.69, 9.17) is 14.2 Å². The number of hydrogen-bond donors (Lipinski definition) is 6. The molecular weight excluding hydrogens is 1150 g/mol. The van der Waals surface area contributed by atoms with Crippen molar-refractivity contribution in [1.82, 2.24) is 45.3 Å². The summed E-state index contributed by atoms with van der Waals surface area (Å²) in [5.74, 6) is -0.533. The molecule has 6 heterocycles. The zero-order chi connectivity index (χ0) is 66.7. The van der Waals surface area contributed by atoms with Crippen LogP contribution in [0.5, 0.6) is 0 Å². The van der Waals surface area contributed by atoms with Crippen LogP contribution in [0.2, 0.25) is 0 Å². The molecule has 21 heteroatoms. The summed E-state index contributed by atoms with van der Waals surface area (Å²) in [4.78, 5) is 93.6. The Balaban J connectivity index is 1.08. The number of ether oxygens (including phenoxy) is 3. The number of hydrogen-bond acceptors (Lipinski definition) is 15. The Morgan fingerprint density at radius 2 is 0.589 bits per heavy atom. The van der Waals surface area contributed by atoms with Gasteiger partial charge in [0.05, 0.1) is 51.3 Å². The zero-order valence-corrected chi connectivity index (χ0v) is 58.8. The molecular formula is C69H125N9O12. The third-order valence-corrected chi connectivity index (χ3v) is 20.7. The Kier molecular flexibility index (Phi) is 26.3. The number of nitrogens with one attached hydrogen (secondary N) is 3. The van der Waals surface area contributed by atoms with Gasteiger partial charge >= 0.3 is 18.1 Å². The van der Waals surface area contributed by atoms with Crippen LogP contribution in [0, 0.1) is 0 Å². The molecule has 0 saturated carbocycles. The average Bonchev–Trinajstić information content (AvgIpc) is 1.44. The summed E-state index contributed by atoms with van der Waals surface area (Å²) in [5, 5.41) is 44.7. The second kappa shape index (κ2) is 31.3. The fourth-order valence-corrected chi connectivity index (χ4v) is 17.5. The summed E-state index contributed by atoms with van der Waals surface area (Å²) >= 11 is 0. The SMILES string of the molecule is CCCCCCCCN1C(=O)NC2(CC(C)(C)N(CC(O)COCC(COCC(O)CN3C(C)(C)CC4(CC3(C)C)NC(=O)N(CCCCCCCC)C4=O)OCC(O)CN3C(C)(C)CC4(CC3(C)C)NC(=O)N(CCCCCCCC)C4=O)C(C)(C)C2)C1=O. The number of carbonyl (C=O) groups excluding carboxylic acids is 6. The second-order valence-electron chi connectivity index (χ2n) is 32.0. The lowest BCUT2D eigenvalue weighted by molar-refractivity contribution is -0.147. The number of piperidine rings is 3. The Labute approximate surface area is 541 Å². The third kappa shape index (κ3) is 18.5. The number of carbonyl (C=O) groups is 6. The lowest BCUT2D eigenvalue weighted by Gasteiger charge is -2.58. The van der Waals surface area contributed by atoms with Gasteiger partial charge in [0.2, 0.25) is 0 Å². The number of β-amino-alcohol motifs (C(OH)–C–C–N with tert-alkyl or cyclic N) is 3. The molecule has 9 amide bonds. The number of unbranched alkanes of at least 4 members (excludes halogenated alkanes) is 15. The minimum atomic E-state index is -1.06. The van der Waals surface area contributed by atoms with Crippen LogP contribution in [0.4, 0.5) is 14.4 Å². The third-order valence-electron chi connectivity index (χ3n) is 20.7. The van der Waals surface area contributed by atoms with Crippen molar-refractivity contribution in [2.24, 2.45) is 0 Å². The largest absolute Gasteiger partial charge is 0.389 e. The first kappa shape index (κ1) is 75.5. The minimum absolute atomic E-state index is 0.0189. The van der Waals surface area contributed by atoms with Gasteiger partial charge in [-0.1, -0.05) is 117 Å². The predicted molar refractivity (Wildman–Crippen MR) is 351 cm³/mol. The molecule has 0 aromatic heterocycles. The summed E-state index contributed by atoms with van der Waals surface area (Å²) in [7, 11) is 0. The highest BCUT2D eigenvalue weighted by molar-refractivity contribution is 6.08. The Hall–Kier alpha value is -3.54. The van der Waals surface area contributed by atoms with Crippen molar-refractivity contribution in [2.75, 3.05) is 72.3 Å². The van der Waals surface area contributed by atoms with Crippen LogP contribution in [-0.2, 0) is 28.6 Å². The molecule has 0 aromatic rings. The normalized spacial score (nSPS) is 24.5. The maximum atomic E-state index is 14.2. The highest BCUT2D eigenvalue weighted by Crippen LogP contribution is 2.49. The topological polar surface area (TPSA) is 246 Å². The van der Waals surface area contributed by atoms with E-state index in [0.717, 1.165) is 96.3 Å². The smallest absolute Gasteiger partial charge is 0.325 e. The molecule has 3 spiro atoms. The van der Waals surface area contributed by atoms with Crippen LogP contribution in [0.15, 0.2) is 0 Å². The van der Waals surface area contributed by atoms with Crippen LogP contribution in [0.3, 0.4) is 0 Å². The molecule has 6 N–H and O–H groups in total. The van der Waals surface area contributed by atoms with Crippen molar-refractivity contribution in [3.05, 3.63) is 0 Å². The Bertz CT molecular complexity index is 2240. The van der Waals surface area contributed by atoms with Gasteiger partial charge in [0.1, 0.15) is 22.7 Å². The first-order valence-electron chi connectivity index (χ1n) is 35.1. The number of imide groups is 3. The quantitative estimate of drug-likeness (QED) is 0.0249. The number of amides is 9. The first-order valence-corrected chi connectivity index (χ1v) is 35.1. The van der Waals surface area contributed by atoms with Crippen LogP contribution in [0.1, 0.15) is 258 Å². The zero-order valence-electron chi connectivity index (χ0n) is 58.8. The Morgan fingerprint density at radius 1 is 0.356 bits per heavy atom. The summed E-state index contributed by atoms with van der Waals surface area (Å²) in [6, 6.07) is -1.02. The van der Waals surface area contributed by atoms with E-state index in [1.807, 2.05) is 83.1 Å². The maximum Gasteiger partial charge on any atom is 0.325 e. The molecule has 6 fully saturated rings. The van der Waals surface area contributed by atoms with Crippen molar-refractivity contribution < 1.29 is 58.3 Å². The number of aliphatic hydroxyl groups is 3. The predicted octanol–water partition coefficient (Wildman–Crippen LogP) is 9.40. The average molecular weight is 1270 g/mol. The van der Waals surface area contributed by atoms with Gasteiger partial charge in [-0.25, -0.2) is 14.4 Å². The van der Waals surface area contributed by atoms with Crippen LogP contribution in [0.25, 0.3) is 0 Å². The van der Waals surface area contributed by atoms with Gasteiger partial charge in [0.25, 0.3) is 17.7 Å². The van der Waals surface area contributed by atoms with Gasteiger partial charge in [-0.2, -0.15) is 0 Å². The van der Waals surface area contributed by atoms with Gasteiger partial charge in [-0.05, 0) is 141 Å². The highest BCUT2D eigenvalue weighted by Gasteiger charge is 2.64. The van der Waals surface area contributed by atoms with Crippen molar-refractivity contribution in [3.8, 4) is 0 Å².